The zero-order valence-electron chi connectivity index (χ0n) is 6.29. The molecule has 0 amide bonds. The molecule has 10 heavy (non-hydrogen) atoms. The van der Waals surface area contributed by atoms with Gasteiger partial charge >= 0.3 is 0 Å². The fourth-order valence-electron chi connectivity index (χ4n) is 0.867. The highest BCUT2D eigenvalue weighted by Gasteiger charge is 1.94. The summed E-state index contributed by atoms with van der Waals surface area (Å²) in [7, 11) is 1.72. The maximum atomic E-state index is 4.94. The van der Waals surface area contributed by atoms with Crippen LogP contribution in [0.3, 0.4) is 0 Å². The molecule has 0 atom stereocenters. The van der Waals surface area contributed by atoms with Gasteiger partial charge in [-0.3, -0.25) is 0 Å². The summed E-state index contributed by atoms with van der Waals surface area (Å²) in [5.41, 5.74) is 0. The normalized spacial score (nSPS) is 16.3. The van der Waals surface area contributed by atoms with Crippen molar-refractivity contribution in [1.82, 2.24) is 4.90 Å². The van der Waals surface area contributed by atoms with Crippen molar-refractivity contribution in [2.45, 2.75) is 6.42 Å². The summed E-state index contributed by atoms with van der Waals surface area (Å²) in [6.07, 6.45) is 9.49. The molecule has 0 unspecified atom stereocenters. The van der Waals surface area contributed by atoms with Gasteiger partial charge in [0, 0.05) is 13.7 Å². The van der Waals surface area contributed by atoms with Crippen LogP contribution in [0.15, 0.2) is 24.6 Å². The molecule has 0 radical (unpaired) electrons. The third kappa shape index (κ3) is 2.23. The Balaban J connectivity index is 2.20. The molecule has 0 spiro atoms. The van der Waals surface area contributed by atoms with Crippen molar-refractivity contribution in [3.63, 3.8) is 0 Å². The quantitative estimate of drug-likeness (QED) is 0.585. The second kappa shape index (κ2) is 4.12. The van der Waals surface area contributed by atoms with Crippen molar-refractivity contribution in [3.8, 4) is 0 Å². The Morgan fingerprint density at radius 1 is 1.40 bits per heavy atom. The molecule has 1 heterocycles. The van der Waals surface area contributed by atoms with E-state index >= 15 is 0 Å². The van der Waals surface area contributed by atoms with Gasteiger partial charge in [-0.15, -0.1) is 0 Å². The Morgan fingerprint density at radius 3 is 2.70 bits per heavy atom. The molecule has 1 aliphatic rings. The molecule has 0 fully saturated rings. The van der Waals surface area contributed by atoms with E-state index in [9.17, 15) is 0 Å². The summed E-state index contributed by atoms with van der Waals surface area (Å²) in [5.74, 6) is 0. The molecule has 0 bridgehead atoms. The summed E-state index contributed by atoms with van der Waals surface area (Å²) in [4.78, 5) is 2.12. The average molecular weight is 139 g/mol. The molecule has 0 aromatic heterocycles. The fraction of sp³-hybridized carbons (Fsp3) is 0.500. The summed E-state index contributed by atoms with van der Waals surface area (Å²) in [5, 5.41) is 0. The standard InChI is InChI=1S/C8H13NO/c1-10-8-7-9-5-3-2-4-6-9/h3-6H,2,7-8H2,1H3. The largest absolute Gasteiger partial charge is 0.383 e. The molecule has 1 rings (SSSR count). The van der Waals surface area contributed by atoms with Crippen LogP contribution in [0, 0.1) is 0 Å². The number of nitrogens with zero attached hydrogens (tertiary/aromatic N) is 1. The Bertz CT molecular complexity index is 128. The Hall–Kier alpha value is -0.760. The number of hydrogen-bond acceptors (Lipinski definition) is 2. The van der Waals surface area contributed by atoms with E-state index in [2.05, 4.69) is 29.5 Å². The molecular formula is C8H13NO. The summed E-state index contributed by atoms with van der Waals surface area (Å²) in [6, 6.07) is 0. The molecule has 0 aromatic rings. The first-order valence-electron chi connectivity index (χ1n) is 3.51. The monoisotopic (exact) mass is 139 g/mol. The van der Waals surface area contributed by atoms with Crippen LogP contribution in [0.25, 0.3) is 0 Å². The lowest BCUT2D eigenvalue weighted by Crippen LogP contribution is -2.16. The predicted octanol–water partition coefficient (Wildman–Crippen LogP) is 1.37. The van der Waals surface area contributed by atoms with Crippen molar-refractivity contribution in [1.29, 1.82) is 0 Å². The summed E-state index contributed by atoms with van der Waals surface area (Å²) in [6.45, 7) is 1.73. The van der Waals surface area contributed by atoms with Crippen molar-refractivity contribution >= 4 is 0 Å². The SMILES string of the molecule is COCCN1C=CCC=C1. The number of allylic oxidation sites excluding steroid dienone is 2. The molecule has 0 aliphatic carbocycles. The van der Waals surface area contributed by atoms with Crippen molar-refractivity contribution in [2.24, 2.45) is 0 Å². The molecule has 2 heteroatoms. The molecule has 2 nitrogen and oxygen atoms in total. The van der Waals surface area contributed by atoms with Crippen LogP contribution in [0.4, 0.5) is 0 Å². The van der Waals surface area contributed by atoms with Gasteiger partial charge in [-0.2, -0.15) is 0 Å². The van der Waals surface area contributed by atoms with Crippen LogP contribution < -0.4 is 0 Å². The van der Waals surface area contributed by atoms with Crippen LogP contribution in [0.5, 0.6) is 0 Å². The minimum absolute atomic E-state index is 0.786. The first-order chi connectivity index (χ1) is 4.93. The minimum Gasteiger partial charge on any atom is -0.383 e. The van der Waals surface area contributed by atoms with Gasteiger partial charge in [-0.05, 0) is 18.8 Å². The number of hydrogen-bond donors (Lipinski definition) is 0. The second-order valence-electron chi connectivity index (χ2n) is 2.24. The smallest absolute Gasteiger partial charge is 0.0641 e. The number of rotatable bonds is 3. The van der Waals surface area contributed by atoms with E-state index in [1.807, 2.05) is 0 Å². The Kier molecular flexibility index (Phi) is 3.03. The van der Waals surface area contributed by atoms with Gasteiger partial charge in [0.05, 0.1) is 6.61 Å². The molecular weight excluding hydrogens is 126 g/mol. The van der Waals surface area contributed by atoms with Gasteiger partial charge in [-0.25, -0.2) is 0 Å². The Labute approximate surface area is 61.8 Å². The van der Waals surface area contributed by atoms with E-state index in [4.69, 9.17) is 4.74 Å². The van der Waals surface area contributed by atoms with Crippen LogP contribution in [-0.4, -0.2) is 25.2 Å². The lowest BCUT2D eigenvalue weighted by atomic mass is 10.3. The second-order valence-corrected chi connectivity index (χ2v) is 2.24. The lowest BCUT2D eigenvalue weighted by molar-refractivity contribution is 0.182. The molecule has 0 N–H and O–H groups in total. The van der Waals surface area contributed by atoms with Gasteiger partial charge in [0.1, 0.15) is 0 Å². The molecule has 0 aromatic carbocycles. The van der Waals surface area contributed by atoms with E-state index in [1.165, 1.54) is 0 Å². The van der Waals surface area contributed by atoms with E-state index in [1.54, 1.807) is 7.11 Å². The zero-order valence-corrected chi connectivity index (χ0v) is 6.29. The van der Waals surface area contributed by atoms with E-state index in [-0.39, 0.29) is 0 Å². The van der Waals surface area contributed by atoms with Crippen LogP contribution in [-0.2, 0) is 4.74 Å². The lowest BCUT2D eigenvalue weighted by Gasteiger charge is -2.16. The van der Waals surface area contributed by atoms with Gasteiger partial charge in [0.2, 0.25) is 0 Å². The van der Waals surface area contributed by atoms with Crippen LogP contribution in [0.2, 0.25) is 0 Å². The summed E-state index contributed by atoms with van der Waals surface area (Å²) >= 11 is 0. The van der Waals surface area contributed by atoms with Crippen LogP contribution >= 0.6 is 0 Å². The van der Waals surface area contributed by atoms with E-state index < -0.39 is 0 Å². The first kappa shape index (κ1) is 7.35. The van der Waals surface area contributed by atoms with E-state index in [0.717, 1.165) is 19.6 Å². The molecule has 0 saturated carbocycles. The maximum Gasteiger partial charge on any atom is 0.0641 e. The highest BCUT2D eigenvalue weighted by atomic mass is 16.5. The van der Waals surface area contributed by atoms with Gasteiger partial charge in [0.15, 0.2) is 0 Å². The number of methoxy groups -OCH3 is 1. The van der Waals surface area contributed by atoms with Crippen LogP contribution in [0.1, 0.15) is 6.42 Å². The zero-order chi connectivity index (χ0) is 7.23. The fourth-order valence-corrected chi connectivity index (χ4v) is 0.867. The van der Waals surface area contributed by atoms with Gasteiger partial charge < -0.3 is 9.64 Å². The molecule has 1 aliphatic heterocycles. The first-order valence-corrected chi connectivity index (χ1v) is 3.51. The minimum atomic E-state index is 0.786. The maximum absolute atomic E-state index is 4.94. The van der Waals surface area contributed by atoms with Crippen molar-refractivity contribution in [3.05, 3.63) is 24.6 Å². The van der Waals surface area contributed by atoms with Gasteiger partial charge in [0.25, 0.3) is 0 Å². The average Bonchev–Trinajstić information content (AvgIpc) is 2.03. The molecule has 0 saturated heterocycles. The Morgan fingerprint density at radius 2 is 2.10 bits per heavy atom. The number of ether oxygens (including phenoxy) is 1. The third-order valence-corrected chi connectivity index (χ3v) is 1.42. The summed E-state index contributed by atoms with van der Waals surface area (Å²) < 4.78 is 4.94. The van der Waals surface area contributed by atoms with Crippen molar-refractivity contribution < 1.29 is 4.74 Å². The topological polar surface area (TPSA) is 12.5 Å². The highest BCUT2D eigenvalue weighted by molar-refractivity contribution is 5.01. The third-order valence-electron chi connectivity index (χ3n) is 1.42. The van der Waals surface area contributed by atoms with Crippen molar-refractivity contribution in [2.75, 3.05) is 20.3 Å². The highest BCUT2D eigenvalue weighted by Crippen LogP contribution is 2.00. The molecule has 56 valence electrons. The predicted molar refractivity (Wildman–Crippen MR) is 41.5 cm³/mol. The van der Waals surface area contributed by atoms with E-state index in [0.29, 0.717) is 0 Å². The van der Waals surface area contributed by atoms with Gasteiger partial charge in [-0.1, -0.05) is 12.2 Å².